The number of carbonyl (C=O) groups is 1. The molecule has 0 radical (unpaired) electrons. The zero-order valence-electron chi connectivity index (χ0n) is 23.5. The molecule has 3 aromatic rings. The van der Waals surface area contributed by atoms with Crippen LogP contribution >= 0.6 is 7.75 Å². The smallest absolute Gasteiger partial charge is 0.459 e. The van der Waals surface area contributed by atoms with Crippen LogP contribution in [0.25, 0.3) is 5.52 Å². The fraction of sp³-hybridized carbons (Fsp3) is 0.481. The second-order valence-corrected chi connectivity index (χ2v) is 11.7. The maximum Gasteiger partial charge on any atom is 0.459 e. The quantitative estimate of drug-likeness (QED) is 0.164. The molecule has 6 atom stereocenters. The molecule has 42 heavy (non-hydrogen) atoms. The molecular weight excluding hydrogens is 567 g/mol. The van der Waals surface area contributed by atoms with E-state index >= 15 is 0 Å². The Morgan fingerprint density at radius 1 is 1.26 bits per heavy atom. The van der Waals surface area contributed by atoms with Crippen molar-refractivity contribution in [1.29, 1.82) is 5.26 Å². The van der Waals surface area contributed by atoms with Crippen molar-refractivity contribution in [1.82, 2.24) is 19.7 Å². The molecule has 1 aromatic carbocycles. The van der Waals surface area contributed by atoms with Gasteiger partial charge in [-0.15, -0.1) is 0 Å². The number of fused-ring (bicyclic) bond motifs is 1. The molecule has 1 saturated heterocycles. The number of rotatable bonds is 13. The molecule has 2 unspecified atom stereocenters. The largest absolute Gasteiger partial charge is 0.464 e. The van der Waals surface area contributed by atoms with Gasteiger partial charge in [-0.2, -0.15) is 15.4 Å². The molecule has 15 heteroatoms. The van der Waals surface area contributed by atoms with E-state index in [1.807, 2.05) is 19.9 Å². The lowest BCUT2D eigenvalue weighted by molar-refractivity contribution is -0.146. The van der Waals surface area contributed by atoms with E-state index < -0.39 is 50.3 Å². The summed E-state index contributed by atoms with van der Waals surface area (Å²) in [6, 6.07) is 12.0. The van der Waals surface area contributed by atoms with Crippen LogP contribution in [0.4, 0.5) is 5.82 Å². The van der Waals surface area contributed by atoms with Crippen molar-refractivity contribution < 1.29 is 38.1 Å². The predicted molar refractivity (Wildman–Crippen MR) is 150 cm³/mol. The van der Waals surface area contributed by atoms with Gasteiger partial charge in [0.05, 0.1) is 18.9 Å². The highest BCUT2D eigenvalue weighted by atomic mass is 31.2. The molecule has 226 valence electrons. The third-order valence-electron chi connectivity index (χ3n) is 7.19. The van der Waals surface area contributed by atoms with E-state index in [-0.39, 0.29) is 29.8 Å². The molecule has 1 aliphatic heterocycles. The summed E-state index contributed by atoms with van der Waals surface area (Å²) in [7, 11) is -4.32. The third-order valence-corrected chi connectivity index (χ3v) is 8.83. The number of aliphatic hydroxyl groups excluding tert-OH is 2. The minimum atomic E-state index is -4.32. The highest BCUT2D eigenvalue weighted by Crippen LogP contribution is 2.47. The fourth-order valence-electron chi connectivity index (χ4n) is 4.57. The van der Waals surface area contributed by atoms with Crippen LogP contribution in [0, 0.1) is 17.2 Å². The maximum absolute atomic E-state index is 13.9. The number of nitriles is 1. The normalized spacial score (nSPS) is 24.3. The Labute approximate surface area is 242 Å². The number of nitrogen functional groups attached to an aromatic ring is 1. The van der Waals surface area contributed by atoms with Crippen molar-refractivity contribution in [2.45, 2.75) is 63.6 Å². The first-order valence-corrected chi connectivity index (χ1v) is 15.1. The van der Waals surface area contributed by atoms with Gasteiger partial charge in [-0.3, -0.25) is 9.32 Å². The number of aromatic nitrogens is 3. The Kier molecular flexibility index (Phi) is 9.83. The summed E-state index contributed by atoms with van der Waals surface area (Å²) in [6.45, 7) is 5.08. The summed E-state index contributed by atoms with van der Waals surface area (Å²) in [5.41, 5.74) is 4.28. The lowest BCUT2D eigenvalue weighted by Crippen LogP contribution is -2.41. The Morgan fingerprint density at radius 2 is 1.98 bits per heavy atom. The summed E-state index contributed by atoms with van der Waals surface area (Å²) >= 11 is 0. The predicted octanol–water partition coefficient (Wildman–Crippen LogP) is 2.31. The van der Waals surface area contributed by atoms with Crippen LogP contribution in [0.15, 0.2) is 48.8 Å². The molecule has 0 bridgehead atoms. The van der Waals surface area contributed by atoms with E-state index in [1.165, 1.54) is 23.8 Å². The van der Waals surface area contributed by atoms with E-state index in [9.17, 15) is 24.8 Å². The Morgan fingerprint density at radius 3 is 2.64 bits per heavy atom. The molecule has 0 spiro atoms. The number of anilines is 1. The number of nitrogens with zero attached hydrogens (tertiary/aromatic N) is 4. The number of hydrogen-bond donors (Lipinski definition) is 4. The molecular formula is C27H35N6O8P. The van der Waals surface area contributed by atoms with Crippen molar-refractivity contribution >= 4 is 25.1 Å². The van der Waals surface area contributed by atoms with Crippen LogP contribution in [0.2, 0.25) is 0 Å². The number of aliphatic hydroxyl groups is 2. The van der Waals surface area contributed by atoms with Gasteiger partial charge in [0.25, 0.3) is 0 Å². The first kappa shape index (κ1) is 31.4. The van der Waals surface area contributed by atoms with Gasteiger partial charge in [0.15, 0.2) is 5.82 Å². The Balaban J connectivity index is 1.53. The van der Waals surface area contributed by atoms with Crippen molar-refractivity contribution in [3.8, 4) is 11.8 Å². The Hall–Kier alpha value is -3.57. The topological polar surface area (TPSA) is 204 Å². The molecule has 0 aliphatic carbocycles. The molecule has 14 nitrogen and oxygen atoms in total. The molecule has 0 saturated carbocycles. The number of ether oxygens (including phenoxy) is 2. The number of nitrogens with one attached hydrogen (secondary N) is 1. The van der Waals surface area contributed by atoms with Crippen LogP contribution in [0.1, 0.15) is 39.3 Å². The Bertz CT molecular complexity index is 1460. The van der Waals surface area contributed by atoms with E-state index in [0.717, 1.165) is 12.8 Å². The minimum Gasteiger partial charge on any atom is -0.464 e. The minimum absolute atomic E-state index is 0.0961. The standard InChI is InChI=1S/C27H35N6O8P/c1-4-18(5-2)13-38-26(36)17(3)32-42(37,41-19-9-7-6-8-10-19)39-14-21-23(34)24(35)27(15-28,40-21)22-12-11-20-25(29)30-16-31-33(20)22/h6-12,16-18,21,23-24,34-35H,4-5,13-14H2,1-3H3,(H,32,37)(H2,29,30,31)/t17-,21?,23?,24+,27-,42+/m0/s1. The lowest BCUT2D eigenvalue weighted by Gasteiger charge is -2.25. The molecule has 2 aromatic heterocycles. The zero-order chi connectivity index (χ0) is 30.5. The summed E-state index contributed by atoms with van der Waals surface area (Å²) < 4.78 is 37.8. The van der Waals surface area contributed by atoms with Gasteiger partial charge < -0.3 is 29.9 Å². The van der Waals surface area contributed by atoms with Gasteiger partial charge in [-0.05, 0) is 37.1 Å². The van der Waals surface area contributed by atoms with E-state index in [0.29, 0.717) is 5.52 Å². The molecule has 1 fully saturated rings. The van der Waals surface area contributed by atoms with Crippen LogP contribution < -0.4 is 15.3 Å². The summed E-state index contributed by atoms with van der Waals surface area (Å²) in [5, 5.41) is 38.7. The van der Waals surface area contributed by atoms with Gasteiger partial charge in [-0.1, -0.05) is 44.9 Å². The van der Waals surface area contributed by atoms with Gasteiger partial charge >= 0.3 is 13.7 Å². The molecule has 0 amide bonds. The second kappa shape index (κ2) is 13.2. The van der Waals surface area contributed by atoms with Crippen LogP contribution in [-0.4, -0.2) is 68.3 Å². The van der Waals surface area contributed by atoms with Crippen LogP contribution in [0.3, 0.4) is 0 Å². The average Bonchev–Trinajstić information content (AvgIpc) is 3.53. The van der Waals surface area contributed by atoms with Crippen molar-refractivity contribution in [2.75, 3.05) is 18.9 Å². The number of nitrogens with two attached hydrogens (primary N) is 1. The van der Waals surface area contributed by atoms with Gasteiger partial charge in [0.2, 0.25) is 5.60 Å². The van der Waals surface area contributed by atoms with Gasteiger partial charge in [0.1, 0.15) is 48.0 Å². The molecule has 3 heterocycles. The highest BCUT2D eigenvalue weighted by molar-refractivity contribution is 7.52. The van der Waals surface area contributed by atoms with Crippen molar-refractivity contribution in [2.24, 2.45) is 5.92 Å². The lowest BCUT2D eigenvalue weighted by atomic mass is 9.92. The SMILES string of the molecule is CCC(CC)COC(=O)[C@H](C)N[P@@](=O)(OCC1O[C@@](C#N)(c2ccc3c(N)ncnn23)[C@H](O)C1O)Oc1ccccc1. The van der Waals surface area contributed by atoms with E-state index in [1.54, 1.807) is 36.4 Å². The monoisotopic (exact) mass is 602 g/mol. The summed E-state index contributed by atoms with van der Waals surface area (Å²) in [6.07, 6.45) is -1.87. The maximum atomic E-state index is 13.9. The van der Waals surface area contributed by atoms with Crippen LogP contribution in [0.5, 0.6) is 5.75 Å². The van der Waals surface area contributed by atoms with Crippen LogP contribution in [-0.2, 0) is 29.0 Å². The first-order chi connectivity index (χ1) is 20.1. The molecule has 5 N–H and O–H groups in total. The highest BCUT2D eigenvalue weighted by Gasteiger charge is 2.58. The number of para-hydroxylation sites is 1. The molecule has 4 rings (SSSR count). The zero-order valence-corrected chi connectivity index (χ0v) is 24.4. The summed E-state index contributed by atoms with van der Waals surface area (Å²) in [5.74, 6) is -0.143. The van der Waals surface area contributed by atoms with Gasteiger partial charge in [0, 0.05) is 0 Å². The fourth-order valence-corrected chi connectivity index (χ4v) is 6.07. The first-order valence-electron chi connectivity index (χ1n) is 13.5. The third kappa shape index (κ3) is 6.42. The second-order valence-electron chi connectivity index (χ2n) is 9.96. The van der Waals surface area contributed by atoms with Crippen molar-refractivity contribution in [3.05, 3.63) is 54.5 Å². The van der Waals surface area contributed by atoms with E-state index in [4.69, 9.17) is 24.3 Å². The summed E-state index contributed by atoms with van der Waals surface area (Å²) in [4.78, 5) is 16.6. The number of hydrogen-bond acceptors (Lipinski definition) is 12. The van der Waals surface area contributed by atoms with Crippen molar-refractivity contribution in [3.63, 3.8) is 0 Å². The number of benzene rings is 1. The van der Waals surface area contributed by atoms with E-state index in [2.05, 4.69) is 15.2 Å². The molecule has 1 aliphatic rings. The number of esters is 1. The average molecular weight is 603 g/mol. The van der Waals surface area contributed by atoms with Gasteiger partial charge in [-0.25, -0.2) is 14.1 Å². The number of carbonyl (C=O) groups excluding carboxylic acids is 1.